The summed E-state index contributed by atoms with van der Waals surface area (Å²) in [6.45, 7) is -1.37. The Morgan fingerprint density at radius 3 is 2.50 bits per heavy atom. The first-order valence-electron chi connectivity index (χ1n) is 7.22. The van der Waals surface area contributed by atoms with Crippen molar-refractivity contribution in [2.45, 2.75) is 26.0 Å². The van der Waals surface area contributed by atoms with E-state index in [1.54, 1.807) is 6.92 Å². The second-order valence-corrected chi connectivity index (χ2v) is 4.97. The third-order valence-electron chi connectivity index (χ3n) is 3.40. The molecule has 1 atom stereocenters. The standard InChI is InChI=1S/C17H15F4NO2/c1-2-14(11-8-7-10(18)9-13(11)19)22-16(23)12-5-3-4-6-15(12)24-17(20)21/h3-9,14,17H,2H2,1H3,(H,22,23). The van der Waals surface area contributed by atoms with E-state index in [1.165, 1.54) is 30.3 Å². The maximum atomic E-state index is 13.9. The summed E-state index contributed by atoms with van der Waals surface area (Å²) in [5.41, 5.74) is 0.0123. The summed E-state index contributed by atoms with van der Waals surface area (Å²) >= 11 is 0. The third kappa shape index (κ3) is 4.24. The lowest BCUT2D eigenvalue weighted by molar-refractivity contribution is -0.0501. The van der Waals surface area contributed by atoms with Crippen LogP contribution < -0.4 is 10.1 Å². The van der Waals surface area contributed by atoms with Crippen LogP contribution in [0.15, 0.2) is 42.5 Å². The molecule has 2 aromatic carbocycles. The second-order valence-electron chi connectivity index (χ2n) is 4.97. The molecule has 0 radical (unpaired) electrons. The molecule has 0 aliphatic heterocycles. The summed E-state index contributed by atoms with van der Waals surface area (Å²) in [5.74, 6) is -2.49. The van der Waals surface area contributed by atoms with Crippen molar-refractivity contribution in [2.24, 2.45) is 0 Å². The molecule has 0 aliphatic rings. The van der Waals surface area contributed by atoms with E-state index < -0.39 is 30.2 Å². The molecule has 0 aliphatic carbocycles. The van der Waals surface area contributed by atoms with Crippen molar-refractivity contribution in [3.63, 3.8) is 0 Å². The molecule has 1 amide bonds. The normalized spacial score (nSPS) is 12.1. The number of carbonyl (C=O) groups is 1. The van der Waals surface area contributed by atoms with Crippen molar-refractivity contribution in [2.75, 3.05) is 0 Å². The molecule has 7 heteroatoms. The minimum Gasteiger partial charge on any atom is -0.434 e. The largest absolute Gasteiger partial charge is 0.434 e. The number of nitrogens with one attached hydrogen (secondary N) is 1. The lowest BCUT2D eigenvalue weighted by atomic mass is 10.0. The van der Waals surface area contributed by atoms with Crippen molar-refractivity contribution in [1.82, 2.24) is 5.32 Å². The molecule has 2 rings (SSSR count). The average molecular weight is 341 g/mol. The minimum absolute atomic E-state index is 0.0984. The third-order valence-corrected chi connectivity index (χ3v) is 3.40. The van der Waals surface area contributed by atoms with Crippen molar-refractivity contribution in [3.8, 4) is 5.75 Å². The van der Waals surface area contributed by atoms with E-state index in [0.29, 0.717) is 6.42 Å². The summed E-state index contributed by atoms with van der Waals surface area (Å²) in [6, 6.07) is 7.80. The van der Waals surface area contributed by atoms with Gasteiger partial charge in [-0.05, 0) is 24.6 Å². The summed E-state index contributed by atoms with van der Waals surface area (Å²) in [7, 11) is 0. The molecule has 0 bridgehead atoms. The number of amides is 1. The van der Waals surface area contributed by atoms with Gasteiger partial charge >= 0.3 is 6.61 Å². The van der Waals surface area contributed by atoms with Gasteiger partial charge in [0.1, 0.15) is 17.4 Å². The number of para-hydroxylation sites is 1. The maximum Gasteiger partial charge on any atom is 0.387 e. The van der Waals surface area contributed by atoms with E-state index in [0.717, 1.165) is 12.1 Å². The smallest absolute Gasteiger partial charge is 0.387 e. The second kappa shape index (κ2) is 7.81. The number of rotatable bonds is 6. The Morgan fingerprint density at radius 2 is 1.88 bits per heavy atom. The predicted molar refractivity (Wildman–Crippen MR) is 79.9 cm³/mol. The highest BCUT2D eigenvalue weighted by Crippen LogP contribution is 2.24. The van der Waals surface area contributed by atoms with Gasteiger partial charge in [-0.15, -0.1) is 0 Å². The molecule has 3 nitrogen and oxygen atoms in total. The zero-order valence-corrected chi connectivity index (χ0v) is 12.7. The average Bonchev–Trinajstić information content (AvgIpc) is 2.53. The highest BCUT2D eigenvalue weighted by molar-refractivity contribution is 5.97. The van der Waals surface area contributed by atoms with Gasteiger partial charge in [-0.1, -0.05) is 25.1 Å². The fourth-order valence-corrected chi connectivity index (χ4v) is 2.27. The Bertz CT molecular complexity index is 721. The highest BCUT2D eigenvalue weighted by Gasteiger charge is 2.21. The van der Waals surface area contributed by atoms with Crippen molar-refractivity contribution in [1.29, 1.82) is 0 Å². The van der Waals surface area contributed by atoms with E-state index >= 15 is 0 Å². The molecule has 0 saturated heterocycles. The van der Waals surface area contributed by atoms with Gasteiger partial charge in [0, 0.05) is 11.6 Å². The molecule has 0 heterocycles. The van der Waals surface area contributed by atoms with Gasteiger partial charge in [-0.3, -0.25) is 4.79 Å². The number of carbonyl (C=O) groups excluding carboxylic acids is 1. The van der Waals surface area contributed by atoms with Crippen LogP contribution >= 0.6 is 0 Å². The summed E-state index contributed by atoms with van der Waals surface area (Å²) in [6.07, 6.45) is 0.326. The highest BCUT2D eigenvalue weighted by atomic mass is 19.3. The molecular weight excluding hydrogens is 326 g/mol. The van der Waals surface area contributed by atoms with Gasteiger partial charge in [-0.25, -0.2) is 8.78 Å². The number of hydrogen-bond acceptors (Lipinski definition) is 2. The van der Waals surface area contributed by atoms with Gasteiger partial charge < -0.3 is 10.1 Å². The van der Waals surface area contributed by atoms with Crippen LogP contribution in [-0.4, -0.2) is 12.5 Å². The molecular formula is C17H15F4NO2. The Morgan fingerprint density at radius 1 is 1.17 bits per heavy atom. The van der Waals surface area contributed by atoms with Gasteiger partial charge in [0.2, 0.25) is 0 Å². The van der Waals surface area contributed by atoms with Gasteiger partial charge in [-0.2, -0.15) is 8.78 Å². The Balaban J connectivity index is 2.24. The molecule has 2 aromatic rings. The number of hydrogen-bond donors (Lipinski definition) is 1. The summed E-state index contributed by atoms with van der Waals surface area (Å²) < 4.78 is 56.0. The predicted octanol–water partition coefficient (Wildman–Crippen LogP) is 4.45. The van der Waals surface area contributed by atoms with E-state index in [4.69, 9.17) is 0 Å². The van der Waals surface area contributed by atoms with Gasteiger partial charge in [0.25, 0.3) is 5.91 Å². The fourth-order valence-electron chi connectivity index (χ4n) is 2.27. The molecule has 1 unspecified atom stereocenters. The first-order valence-corrected chi connectivity index (χ1v) is 7.22. The molecule has 0 saturated carbocycles. The number of ether oxygens (including phenoxy) is 1. The summed E-state index contributed by atoms with van der Waals surface area (Å²) in [5, 5.41) is 2.55. The van der Waals surface area contributed by atoms with Crippen LogP contribution in [-0.2, 0) is 0 Å². The Kier molecular flexibility index (Phi) is 5.78. The molecule has 0 spiro atoms. The van der Waals surface area contributed by atoms with Crippen LogP contribution in [0.2, 0.25) is 0 Å². The van der Waals surface area contributed by atoms with E-state index in [-0.39, 0.29) is 16.9 Å². The van der Waals surface area contributed by atoms with Crippen molar-refractivity contribution >= 4 is 5.91 Å². The van der Waals surface area contributed by atoms with Crippen LogP contribution in [0.25, 0.3) is 0 Å². The number of alkyl halides is 2. The van der Waals surface area contributed by atoms with Gasteiger partial charge in [0.15, 0.2) is 0 Å². The Labute approximate surface area is 136 Å². The van der Waals surface area contributed by atoms with E-state index in [2.05, 4.69) is 10.1 Å². The van der Waals surface area contributed by atoms with E-state index in [1.807, 2.05) is 0 Å². The fraction of sp³-hybridized carbons (Fsp3) is 0.235. The lowest BCUT2D eigenvalue weighted by Gasteiger charge is -2.19. The first kappa shape index (κ1) is 17.8. The lowest BCUT2D eigenvalue weighted by Crippen LogP contribution is -2.29. The van der Waals surface area contributed by atoms with E-state index in [9.17, 15) is 22.4 Å². The van der Waals surface area contributed by atoms with Crippen molar-refractivity contribution < 1.29 is 27.1 Å². The molecule has 0 fully saturated rings. The van der Waals surface area contributed by atoms with Crippen LogP contribution in [0.5, 0.6) is 5.75 Å². The zero-order chi connectivity index (χ0) is 17.7. The topological polar surface area (TPSA) is 38.3 Å². The quantitative estimate of drug-likeness (QED) is 0.789. The number of benzene rings is 2. The number of halogens is 4. The Hall–Kier alpha value is -2.57. The summed E-state index contributed by atoms with van der Waals surface area (Å²) in [4.78, 5) is 12.3. The van der Waals surface area contributed by atoms with Crippen molar-refractivity contribution in [3.05, 3.63) is 65.2 Å². The van der Waals surface area contributed by atoms with Crippen LogP contribution in [0.3, 0.4) is 0 Å². The molecule has 0 aromatic heterocycles. The molecule has 128 valence electrons. The monoisotopic (exact) mass is 341 g/mol. The molecule has 1 N–H and O–H groups in total. The first-order chi connectivity index (χ1) is 11.4. The molecule has 24 heavy (non-hydrogen) atoms. The minimum atomic E-state index is -3.07. The zero-order valence-electron chi connectivity index (χ0n) is 12.7. The SMILES string of the molecule is CCC(NC(=O)c1ccccc1OC(F)F)c1ccc(F)cc1F. The maximum absolute atomic E-state index is 13.9. The van der Waals surface area contributed by atoms with Crippen LogP contribution in [0.4, 0.5) is 17.6 Å². The van der Waals surface area contributed by atoms with Gasteiger partial charge in [0.05, 0.1) is 11.6 Å². The van der Waals surface area contributed by atoms with Crippen LogP contribution in [0, 0.1) is 11.6 Å². The van der Waals surface area contributed by atoms with Crippen LogP contribution in [0.1, 0.15) is 35.3 Å².